The maximum atomic E-state index is 14.1. The predicted molar refractivity (Wildman–Crippen MR) is 189 cm³/mol. The number of aromatic amines is 1. The second kappa shape index (κ2) is 15.5. The Morgan fingerprint density at radius 2 is 1.67 bits per heavy atom. The standard InChI is InChI=1S/C37H40N6O4S/c1-23-32(33(48)35-40-29-18-11-21-38-34(29)43-35)47-27(22-39-23)20-19-24-12-9-10-17-28(24)41-36(44)31(42-37(45)46-2)30(25-13-5-3-6-14-25)26-15-7-4-8-16-26/h3-18,21,23,27,30-33,39,48H,19-20,22H2,1-2H3,(H,41,44)(H,42,45)(H,38,40,43)/t23-,27-,31+,32+,33?/m1/s1. The molecule has 4 N–H and O–H groups in total. The third kappa shape index (κ3) is 7.70. The van der Waals surface area contributed by atoms with Gasteiger partial charge in [0.1, 0.15) is 11.9 Å². The number of hydrogen-bond acceptors (Lipinski definition) is 8. The van der Waals surface area contributed by atoms with Crippen LogP contribution in [0.25, 0.3) is 11.2 Å². The van der Waals surface area contributed by atoms with E-state index in [4.69, 9.17) is 22.1 Å². The third-order valence-corrected chi connectivity index (χ3v) is 9.32. The number of carbonyl (C=O) groups is 2. The highest BCUT2D eigenvalue weighted by molar-refractivity contribution is 7.80. The highest BCUT2D eigenvalue weighted by Crippen LogP contribution is 2.32. The molecule has 0 saturated carbocycles. The number of alkyl carbamates (subject to hydrolysis) is 1. The van der Waals surface area contributed by atoms with Crippen molar-refractivity contribution in [3.05, 3.63) is 126 Å². The van der Waals surface area contributed by atoms with Gasteiger partial charge in [-0.2, -0.15) is 12.6 Å². The van der Waals surface area contributed by atoms with Gasteiger partial charge in [-0.3, -0.25) is 4.79 Å². The monoisotopic (exact) mass is 664 g/mol. The first-order chi connectivity index (χ1) is 23.4. The van der Waals surface area contributed by atoms with Crippen LogP contribution in [0, 0.1) is 0 Å². The van der Waals surface area contributed by atoms with E-state index in [2.05, 4.69) is 37.8 Å². The normalized spacial score (nSPS) is 19.0. The van der Waals surface area contributed by atoms with E-state index in [0.29, 0.717) is 30.7 Å². The summed E-state index contributed by atoms with van der Waals surface area (Å²) in [6.07, 6.45) is 2.10. The number of thiol groups is 1. The molecular formula is C37H40N6O4S. The minimum Gasteiger partial charge on any atom is -0.453 e. The van der Waals surface area contributed by atoms with Crippen molar-refractivity contribution in [1.29, 1.82) is 0 Å². The quantitative estimate of drug-likeness (QED) is 0.113. The zero-order valence-corrected chi connectivity index (χ0v) is 27.8. The minimum atomic E-state index is -0.954. The van der Waals surface area contributed by atoms with Crippen molar-refractivity contribution in [3.8, 4) is 0 Å². The van der Waals surface area contributed by atoms with Gasteiger partial charge in [-0.25, -0.2) is 14.8 Å². The first kappa shape index (κ1) is 33.2. The topological polar surface area (TPSA) is 130 Å². The molecule has 0 spiro atoms. The Hall–Kier alpha value is -4.71. The van der Waals surface area contributed by atoms with Crippen molar-refractivity contribution in [1.82, 2.24) is 25.6 Å². The molecule has 1 fully saturated rings. The fraction of sp³-hybridized carbons (Fsp3) is 0.297. The number of amides is 2. The number of anilines is 1. The summed E-state index contributed by atoms with van der Waals surface area (Å²) in [5.41, 5.74) is 4.93. The van der Waals surface area contributed by atoms with Gasteiger partial charge in [-0.05, 0) is 54.7 Å². The molecule has 1 unspecified atom stereocenters. The number of nitrogens with zero attached hydrogens (tertiary/aromatic N) is 2. The van der Waals surface area contributed by atoms with E-state index in [9.17, 15) is 9.59 Å². The molecule has 6 rings (SSSR count). The molecule has 5 aromatic rings. The number of aryl methyl sites for hydroxylation is 1. The summed E-state index contributed by atoms with van der Waals surface area (Å²) in [6, 6.07) is 30.0. The number of rotatable bonds is 11. The first-order valence-electron chi connectivity index (χ1n) is 16.1. The number of para-hydroxylation sites is 1. The van der Waals surface area contributed by atoms with Crippen LogP contribution >= 0.6 is 12.6 Å². The number of ether oxygens (including phenoxy) is 2. The lowest BCUT2D eigenvalue weighted by Gasteiger charge is -2.38. The van der Waals surface area contributed by atoms with Gasteiger partial charge in [0.05, 0.1) is 30.1 Å². The van der Waals surface area contributed by atoms with Gasteiger partial charge in [-0.1, -0.05) is 78.9 Å². The van der Waals surface area contributed by atoms with Crippen LogP contribution in [0.2, 0.25) is 0 Å². The summed E-state index contributed by atoms with van der Waals surface area (Å²) < 4.78 is 11.6. The maximum absolute atomic E-state index is 14.1. The van der Waals surface area contributed by atoms with Gasteiger partial charge in [0.2, 0.25) is 5.91 Å². The van der Waals surface area contributed by atoms with Gasteiger partial charge in [0.25, 0.3) is 0 Å². The molecule has 2 amide bonds. The SMILES string of the molecule is COC(=O)N[C@H](C(=O)Nc1ccccc1CC[C@@H]1CN[C@H](C)[C@@H](C(S)c2nc3ncccc3[nH]2)O1)C(c1ccccc1)c1ccccc1. The number of imidazole rings is 1. The molecule has 10 nitrogen and oxygen atoms in total. The minimum absolute atomic E-state index is 0.0675. The van der Waals surface area contributed by atoms with Crippen LogP contribution in [0.4, 0.5) is 10.5 Å². The zero-order chi connectivity index (χ0) is 33.5. The molecule has 3 aromatic carbocycles. The van der Waals surface area contributed by atoms with Crippen molar-refractivity contribution in [2.24, 2.45) is 0 Å². The van der Waals surface area contributed by atoms with Crippen LogP contribution in [-0.4, -0.2) is 64.9 Å². The number of carbonyl (C=O) groups excluding carboxylic acids is 2. The van der Waals surface area contributed by atoms with Crippen LogP contribution in [0.3, 0.4) is 0 Å². The van der Waals surface area contributed by atoms with Crippen LogP contribution in [0.1, 0.15) is 47.0 Å². The predicted octanol–water partition coefficient (Wildman–Crippen LogP) is 5.80. The smallest absolute Gasteiger partial charge is 0.407 e. The van der Waals surface area contributed by atoms with Crippen molar-refractivity contribution >= 4 is 41.5 Å². The van der Waals surface area contributed by atoms with Gasteiger partial charge >= 0.3 is 6.09 Å². The van der Waals surface area contributed by atoms with Crippen molar-refractivity contribution < 1.29 is 19.1 Å². The molecule has 3 heterocycles. The highest BCUT2D eigenvalue weighted by atomic mass is 32.1. The molecule has 5 atom stereocenters. The third-order valence-electron chi connectivity index (χ3n) is 8.78. The Kier molecular flexibility index (Phi) is 10.7. The van der Waals surface area contributed by atoms with Crippen LogP contribution in [-0.2, 0) is 20.7 Å². The number of methoxy groups -OCH3 is 1. The second-order valence-corrected chi connectivity index (χ2v) is 12.5. The Morgan fingerprint density at radius 3 is 2.35 bits per heavy atom. The van der Waals surface area contributed by atoms with Crippen molar-refractivity contribution in [2.45, 2.75) is 55.2 Å². The number of morpholine rings is 1. The zero-order valence-electron chi connectivity index (χ0n) is 26.9. The molecule has 11 heteroatoms. The number of aromatic nitrogens is 3. The molecule has 0 bridgehead atoms. The lowest BCUT2D eigenvalue weighted by Crippen LogP contribution is -2.52. The Bertz CT molecular complexity index is 1750. The van der Waals surface area contributed by atoms with E-state index in [1.54, 1.807) is 6.20 Å². The van der Waals surface area contributed by atoms with Crippen molar-refractivity contribution in [2.75, 3.05) is 19.0 Å². The van der Waals surface area contributed by atoms with Gasteiger partial charge in [0.15, 0.2) is 5.65 Å². The largest absolute Gasteiger partial charge is 0.453 e. The number of H-pyrrole nitrogens is 1. The summed E-state index contributed by atoms with van der Waals surface area (Å²) >= 11 is 4.91. The van der Waals surface area contributed by atoms with E-state index in [1.807, 2.05) is 97.1 Å². The number of pyridine rings is 1. The molecule has 1 aliphatic rings. The molecule has 48 heavy (non-hydrogen) atoms. The molecule has 2 aromatic heterocycles. The van der Waals surface area contributed by atoms with E-state index in [-0.39, 0.29) is 29.4 Å². The van der Waals surface area contributed by atoms with Crippen LogP contribution in [0.15, 0.2) is 103 Å². The number of fused-ring (bicyclic) bond motifs is 1. The van der Waals surface area contributed by atoms with Crippen LogP contribution < -0.4 is 16.0 Å². The molecule has 248 valence electrons. The van der Waals surface area contributed by atoms with Gasteiger partial charge in [-0.15, -0.1) is 0 Å². The number of nitrogens with one attached hydrogen (secondary N) is 4. The molecule has 0 radical (unpaired) electrons. The van der Waals surface area contributed by atoms with Crippen LogP contribution in [0.5, 0.6) is 0 Å². The fourth-order valence-corrected chi connectivity index (χ4v) is 6.72. The lowest BCUT2D eigenvalue weighted by molar-refractivity contribution is -0.118. The maximum Gasteiger partial charge on any atom is 0.407 e. The van der Waals surface area contributed by atoms with Gasteiger partial charge in [0, 0.05) is 30.4 Å². The Labute approximate surface area is 285 Å². The Balaban J connectivity index is 1.18. The van der Waals surface area contributed by atoms with Gasteiger partial charge < -0.3 is 30.4 Å². The first-order valence-corrected chi connectivity index (χ1v) is 16.6. The summed E-state index contributed by atoms with van der Waals surface area (Å²) in [4.78, 5) is 39.0. The number of hydrogen-bond donors (Lipinski definition) is 5. The highest BCUT2D eigenvalue weighted by Gasteiger charge is 2.36. The second-order valence-electron chi connectivity index (χ2n) is 12.0. The average molecular weight is 665 g/mol. The summed E-state index contributed by atoms with van der Waals surface area (Å²) in [5.74, 6) is -0.0944. The summed E-state index contributed by atoms with van der Waals surface area (Å²) in [6.45, 7) is 2.78. The van der Waals surface area contributed by atoms with E-state index < -0.39 is 18.1 Å². The van der Waals surface area contributed by atoms with E-state index in [1.165, 1.54) is 7.11 Å². The summed E-state index contributed by atoms with van der Waals surface area (Å²) in [5, 5.41) is 9.23. The summed E-state index contributed by atoms with van der Waals surface area (Å²) in [7, 11) is 1.29. The molecule has 1 saturated heterocycles. The molecule has 1 aliphatic heterocycles. The van der Waals surface area contributed by atoms with Crippen molar-refractivity contribution in [3.63, 3.8) is 0 Å². The molecular weight excluding hydrogens is 625 g/mol. The van der Waals surface area contributed by atoms with E-state index in [0.717, 1.165) is 28.0 Å². The lowest BCUT2D eigenvalue weighted by atomic mass is 9.84. The van der Waals surface area contributed by atoms with E-state index >= 15 is 0 Å². The fourth-order valence-electron chi connectivity index (χ4n) is 6.27. The number of benzene rings is 3. The Morgan fingerprint density at radius 1 is 0.979 bits per heavy atom. The molecule has 0 aliphatic carbocycles. The average Bonchev–Trinajstić information content (AvgIpc) is 3.57.